The van der Waals surface area contributed by atoms with E-state index >= 15 is 0 Å². The van der Waals surface area contributed by atoms with Crippen molar-refractivity contribution < 1.29 is 9.53 Å². The van der Waals surface area contributed by atoms with E-state index in [1.807, 2.05) is 12.1 Å². The van der Waals surface area contributed by atoms with Crippen LogP contribution in [0.15, 0.2) is 42.9 Å². The largest absolute Gasteiger partial charge is 0.492 e. The van der Waals surface area contributed by atoms with E-state index < -0.39 is 0 Å². The first-order valence-electron chi connectivity index (χ1n) is 8.39. The number of hydrogen-bond donors (Lipinski definition) is 1. The molecule has 1 N–H and O–H groups in total. The second-order valence-electron chi connectivity index (χ2n) is 5.95. The molecule has 7 heteroatoms. The van der Waals surface area contributed by atoms with Crippen molar-refractivity contribution in [1.29, 1.82) is 0 Å². The molecule has 0 aliphatic carbocycles. The number of carbonyl (C=O) groups is 1. The number of nitrogens with one attached hydrogen (secondary N) is 1. The Bertz CT molecular complexity index is 698. The van der Waals surface area contributed by atoms with Crippen molar-refractivity contribution in [3.05, 3.63) is 47.9 Å². The van der Waals surface area contributed by atoms with Crippen LogP contribution in [0.4, 0.5) is 5.82 Å². The second-order valence-corrected chi connectivity index (χ2v) is 6.38. The van der Waals surface area contributed by atoms with Crippen molar-refractivity contribution in [2.75, 3.05) is 31.1 Å². The number of nitrogens with zero attached hydrogens (tertiary/aromatic N) is 3. The van der Waals surface area contributed by atoms with Crippen molar-refractivity contribution in [3.8, 4) is 5.75 Å². The van der Waals surface area contributed by atoms with Gasteiger partial charge in [-0.05, 0) is 31.0 Å². The number of hydrogen-bond acceptors (Lipinski definition) is 5. The number of ether oxygens (including phenoxy) is 1. The molecule has 1 saturated heterocycles. The van der Waals surface area contributed by atoms with Gasteiger partial charge < -0.3 is 15.0 Å². The molecule has 132 valence electrons. The number of carbonyl (C=O) groups excluding carboxylic acids is 1. The van der Waals surface area contributed by atoms with Crippen LogP contribution in [0.5, 0.6) is 5.75 Å². The van der Waals surface area contributed by atoms with Gasteiger partial charge in [0, 0.05) is 30.5 Å². The second kappa shape index (κ2) is 8.67. The van der Waals surface area contributed by atoms with E-state index in [1.165, 1.54) is 0 Å². The summed E-state index contributed by atoms with van der Waals surface area (Å²) >= 11 is 5.91. The Kier molecular flexibility index (Phi) is 6.06. The van der Waals surface area contributed by atoms with Crippen LogP contribution in [0.2, 0.25) is 5.02 Å². The first-order valence-corrected chi connectivity index (χ1v) is 8.77. The fourth-order valence-corrected chi connectivity index (χ4v) is 3.08. The molecule has 1 aromatic carbocycles. The third-order valence-corrected chi connectivity index (χ3v) is 4.37. The summed E-state index contributed by atoms with van der Waals surface area (Å²) in [4.78, 5) is 22.9. The minimum atomic E-state index is -0.0399. The van der Waals surface area contributed by atoms with Gasteiger partial charge in [0.25, 0.3) is 0 Å². The highest BCUT2D eigenvalue weighted by atomic mass is 35.5. The first-order chi connectivity index (χ1) is 12.2. The zero-order valence-electron chi connectivity index (χ0n) is 13.9. The van der Waals surface area contributed by atoms with Gasteiger partial charge in [-0.2, -0.15) is 0 Å². The lowest BCUT2D eigenvalue weighted by atomic mass is 9.97. The van der Waals surface area contributed by atoms with Crippen molar-refractivity contribution in [3.63, 3.8) is 0 Å². The fourth-order valence-electron chi connectivity index (χ4n) is 2.90. The Balaban J connectivity index is 1.43. The van der Waals surface area contributed by atoms with E-state index in [1.54, 1.807) is 30.7 Å². The third kappa shape index (κ3) is 5.06. The third-order valence-electron chi connectivity index (χ3n) is 4.13. The number of rotatable bonds is 6. The van der Waals surface area contributed by atoms with Gasteiger partial charge >= 0.3 is 0 Å². The lowest BCUT2D eigenvalue weighted by Crippen LogP contribution is -2.44. The average molecular weight is 361 g/mol. The van der Waals surface area contributed by atoms with Crippen molar-refractivity contribution >= 4 is 23.3 Å². The van der Waals surface area contributed by atoms with E-state index in [2.05, 4.69) is 20.2 Å². The van der Waals surface area contributed by atoms with Gasteiger partial charge in [0.15, 0.2) is 0 Å². The predicted molar refractivity (Wildman–Crippen MR) is 96.9 cm³/mol. The topological polar surface area (TPSA) is 67.3 Å². The average Bonchev–Trinajstić information content (AvgIpc) is 2.66. The normalized spacial score (nSPS) is 17.2. The van der Waals surface area contributed by atoms with E-state index in [4.69, 9.17) is 16.3 Å². The zero-order valence-corrected chi connectivity index (χ0v) is 14.7. The summed E-state index contributed by atoms with van der Waals surface area (Å²) in [5.74, 6) is 1.54. The minimum absolute atomic E-state index is 0.0399. The predicted octanol–water partition coefficient (Wildman–Crippen LogP) is 2.54. The van der Waals surface area contributed by atoms with Crippen LogP contribution in [0, 0.1) is 5.92 Å². The van der Waals surface area contributed by atoms with Crippen LogP contribution in [-0.4, -0.2) is 42.1 Å². The molecular weight excluding hydrogens is 340 g/mol. The Morgan fingerprint density at radius 2 is 2.32 bits per heavy atom. The zero-order chi connectivity index (χ0) is 17.5. The molecule has 1 fully saturated rings. The van der Waals surface area contributed by atoms with Crippen LogP contribution in [0.25, 0.3) is 0 Å². The molecule has 1 aromatic heterocycles. The van der Waals surface area contributed by atoms with Crippen molar-refractivity contribution in [1.82, 2.24) is 15.3 Å². The number of benzene rings is 1. The molecular formula is C18H21ClN4O2. The molecule has 1 amide bonds. The Labute approximate surface area is 152 Å². The van der Waals surface area contributed by atoms with Gasteiger partial charge in [-0.25, -0.2) is 4.98 Å². The highest BCUT2D eigenvalue weighted by Crippen LogP contribution is 2.21. The molecule has 0 radical (unpaired) electrons. The van der Waals surface area contributed by atoms with Crippen LogP contribution in [0.3, 0.4) is 0 Å². The number of aromatic nitrogens is 2. The van der Waals surface area contributed by atoms with E-state index in [0.717, 1.165) is 25.2 Å². The summed E-state index contributed by atoms with van der Waals surface area (Å²) in [7, 11) is 0. The molecule has 2 aromatic rings. The van der Waals surface area contributed by atoms with Gasteiger partial charge in [-0.1, -0.05) is 17.7 Å². The lowest BCUT2D eigenvalue weighted by Gasteiger charge is -2.32. The molecule has 1 aliphatic rings. The van der Waals surface area contributed by atoms with Gasteiger partial charge in [-0.3, -0.25) is 9.78 Å². The molecule has 0 saturated carbocycles. The maximum absolute atomic E-state index is 12.4. The SMILES string of the molecule is O=C(NCCOc1cccc(Cl)c1)C1CCCN(c2cnccn2)C1. The van der Waals surface area contributed by atoms with Crippen LogP contribution in [-0.2, 0) is 4.79 Å². The number of amides is 1. The maximum atomic E-state index is 12.4. The Hall–Kier alpha value is -2.34. The van der Waals surface area contributed by atoms with Crippen LogP contribution >= 0.6 is 11.6 Å². The molecule has 0 bridgehead atoms. The quantitative estimate of drug-likeness (QED) is 0.802. The molecule has 3 rings (SSSR count). The maximum Gasteiger partial charge on any atom is 0.225 e. The molecule has 2 heterocycles. The summed E-state index contributed by atoms with van der Waals surface area (Å²) < 4.78 is 5.59. The van der Waals surface area contributed by atoms with Gasteiger partial charge in [0.1, 0.15) is 18.2 Å². The first kappa shape index (κ1) is 17.5. The monoisotopic (exact) mass is 360 g/mol. The molecule has 0 spiro atoms. The van der Waals surface area contributed by atoms with Crippen molar-refractivity contribution in [2.45, 2.75) is 12.8 Å². The highest BCUT2D eigenvalue weighted by molar-refractivity contribution is 6.30. The molecule has 25 heavy (non-hydrogen) atoms. The lowest BCUT2D eigenvalue weighted by molar-refractivity contribution is -0.125. The minimum Gasteiger partial charge on any atom is -0.492 e. The smallest absolute Gasteiger partial charge is 0.225 e. The van der Waals surface area contributed by atoms with E-state index in [0.29, 0.717) is 30.5 Å². The summed E-state index contributed by atoms with van der Waals surface area (Å²) in [6.07, 6.45) is 6.91. The van der Waals surface area contributed by atoms with Gasteiger partial charge in [0.2, 0.25) is 5.91 Å². The molecule has 1 aliphatic heterocycles. The molecule has 1 atom stereocenters. The summed E-state index contributed by atoms with van der Waals surface area (Å²) in [5.41, 5.74) is 0. The highest BCUT2D eigenvalue weighted by Gasteiger charge is 2.26. The van der Waals surface area contributed by atoms with Gasteiger partial charge in [0.05, 0.1) is 18.7 Å². The molecule has 1 unspecified atom stereocenters. The van der Waals surface area contributed by atoms with E-state index in [9.17, 15) is 4.79 Å². The Morgan fingerprint density at radius 1 is 1.40 bits per heavy atom. The van der Waals surface area contributed by atoms with Crippen LogP contribution in [0.1, 0.15) is 12.8 Å². The number of halogens is 1. The van der Waals surface area contributed by atoms with Crippen molar-refractivity contribution in [2.24, 2.45) is 5.92 Å². The van der Waals surface area contributed by atoms with Gasteiger partial charge in [-0.15, -0.1) is 0 Å². The summed E-state index contributed by atoms with van der Waals surface area (Å²) in [6, 6.07) is 7.22. The summed E-state index contributed by atoms with van der Waals surface area (Å²) in [6.45, 7) is 2.44. The van der Waals surface area contributed by atoms with E-state index in [-0.39, 0.29) is 11.8 Å². The molecule has 6 nitrogen and oxygen atoms in total. The van der Waals surface area contributed by atoms with Crippen LogP contribution < -0.4 is 15.0 Å². The standard InChI is InChI=1S/C18H21ClN4O2/c19-15-4-1-5-16(11-15)25-10-8-22-18(24)14-3-2-9-23(13-14)17-12-20-6-7-21-17/h1,4-7,11-12,14H,2-3,8-10,13H2,(H,22,24). The fraction of sp³-hybridized carbons (Fsp3) is 0.389. The Morgan fingerprint density at radius 3 is 3.12 bits per heavy atom. The number of piperidine rings is 1. The number of anilines is 1. The summed E-state index contributed by atoms with van der Waals surface area (Å²) in [5, 5.41) is 3.58.